The van der Waals surface area contributed by atoms with Gasteiger partial charge in [0.15, 0.2) is 0 Å². The summed E-state index contributed by atoms with van der Waals surface area (Å²) in [6, 6.07) is 19.7. The van der Waals surface area contributed by atoms with Crippen LogP contribution in [-0.4, -0.2) is 36.0 Å². The summed E-state index contributed by atoms with van der Waals surface area (Å²) >= 11 is 0. The topological polar surface area (TPSA) is 32.3 Å². The monoisotopic (exact) mass is 350 g/mol. The maximum absolute atomic E-state index is 12.4. The van der Waals surface area contributed by atoms with E-state index in [1.807, 2.05) is 12.1 Å². The highest BCUT2D eigenvalue weighted by Gasteiger charge is 2.41. The van der Waals surface area contributed by atoms with E-state index >= 15 is 0 Å². The lowest BCUT2D eigenvalue weighted by atomic mass is 9.68. The molecule has 1 aliphatic rings. The molecule has 2 aromatic rings. The molecule has 3 nitrogen and oxygen atoms in total. The maximum Gasteiger partial charge on any atom is 0.251 e. The Morgan fingerprint density at radius 3 is 2.23 bits per heavy atom. The third-order valence-corrected chi connectivity index (χ3v) is 5.69. The Labute approximate surface area is 157 Å². The minimum atomic E-state index is -0.187. The average molecular weight is 351 g/mol. The molecule has 0 spiro atoms. The van der Waals surface area contributed by atoms with Crippen molar-refractivity contribution in [3.63, 3.8) is 0 Å². The van der Waals surface area contributed by atoms with Gasteiger partial charge in [0.1, 0.15) is 0 Å². The molecule has 1 aliphatic heterocycles. The van der Waals surface area contributed by atoms with Gasteiger partial charge in [-0.05, 0) is 57.9 Å². The Bertz CT molecular complexity index is 746. The fourth-order valence-corrected chi connectivity index (χ4v) is 4.33. The van der Waals surface area contributed by atoms with Crippen molar-refractivity contribution in [2.24, 2.45) is 0 Å². The minimum Gasteiger partial charge on any atom is -0.351 e. The van der Waals surface area contributed by atoms with Crippen molar-refractivity contribution in [2.75, 3.05) is 13.1 Å². The lowest BCUT2D eigenvalue weighted by molar-refractivity contribution is 0.0921. The summed E-state index contributed by atoms with van der Waals surface area (Å²) in [5.41, 5.74) is 3.05. The number of nitrogens with zero attached hydrogens (tertiary/aromatic N) is 1. The van der Waals surface area contributed by atoms with Gasteiger partial charge in [0.2, 0.25) is 0 Å². The molecule has 1 amide bonds. The van der Waals surface area contributed by atoms with Gasteiger partial charge in [-0.15, -0.1) is 0 Å². The highest BCUT2D eigenvalue weighted by molar-refractivity contribution is 5.97. The summed E-state index contributed by atoms with van der Waals surface area (Å²) in [7, 11) is 0. The highest BCUT2D eigenvalue weighted by atomic mass is 16.1. The molecule has 0 fully saturated rings. The van der Waals surface area contributed by atoms with E-state index in [0.717, 1.165) is 24.1 Å². The molecule has 3 rings (SSSR count). The van der Waals surface area contributed by atoms with E-state index < -0.39 is 0 Å². The zero-order valence-electron chi connectivity index (χ0n) is 16.3. The van der Waals surface area contributed by atoms with Gasteiger partial charge >= 0.3 is 0 Å². The van der Waals surface area contributed by atoms with Crippen molar-refractivity contribution in [2.45, 2.75) is 51.6 Å². The Morgan fingerprint density at radius 1 is 0.962 bits per heavy atom. The number of benzene rings is 2. The van der Waals surface area contributed by atoms with E-state index in [0.29, 0.717) is 18.6 Å². The summed E-state index contributed by atoms with van der Waals surface area (Å²) in [6.45, 7) is 10.7. The third kappa shape index (κ3) is 3.41. The molecule has 1 unspecified atom stereocenters. The maximum atomic E-state index is 12.4. The van der Waals surface area contributed by atoms with Crippen molar-refractivity contribution < 1.29 is 4.79 Å². The number of fused-ring (bicyclic) bond motifs is 1. The van der Waals surface area contributed by atoms with Crippen LogP contribution >= 0.6 is 0 Å². The van der Waals surface area contributed by atoms with Crippen LogP contribution in [0.4, 0.5) is 0 Å². The van der Waals surface area contributed by atoms with Crippen LogP contribution in [0.5, 0.6) is 0 Å². The van der Waals surface area contributed by atoms with E-state index in [-0.39, 0.29) is 11.3 Å². The summed E-state index contributed by atoms with van der Waals surface area (Å²) in [5.74, 6) is 0.0386. The summed E-state index contributed by atoms with van der Waals surface area (Å²) in [4.78, 5) is 15.0. The van der Waals surface area contributed by atoms with E-state index in [1.165, 1.54) is 5.56 Å². The van der Waals surface area contributed by atoms with E-state index in [1.54, 1.807) is 0 Å². The van der Waals surface area contributed by atoms with Crippen LogP contribution in [0.1, 0.15) is 55.6 Å². The zero-order chi connectivity index (χ0) is 18.7. The van der Waals surface area contributed by atoms with Gasteiger partial charge < -0.3 is 5.32 Å². The van der Waals surface area contributed by atoms with Crippen molar-refractivity contribution >= 4 is 5.91 Å². The van der Waals surface area contributed by atoms with Crippen LogP contribution in [0.2, 0.25) is 0 Å². The first-order valence-electron chi connectivity index (χ1n) is 9.64. The molecule has 0 radical (unpaired) electrons. The lowest BCUT2D eigenvalue weighted by Crippen LogP contribution is -2.50. The quantitative estimate of drug-likeness (QED) is 0.846. The SMILES string of the molecule is CC(C)N(CCC1(c2ccccc2)CNC(=O)c2ccccc21)C(C)C. The molecule has 1 N–H and O–H groups in total. The predicted molar refractivity (Wildman–Crippen MR) is 108 cm³/mol. The minimum absolute atomic E-state index is 0.0386. The van der Waals surface area contributed by atoms with Gasteiger partial charge in [-0.3, -0.25) is 9.69 Å². The van der Waals surface area contributed by atoms with Gasteiger partial charge in [0.05, 0.1) is 0 Å². The fraction of sp³-hybridized carbons (Fsp3) is 0.435. The van der Waals surface area contributed by atoms with E-state index in [2.05, 4.69) is 80.4 Å². The number of nitrogens with one attached hydrogen (secondary N) is 1. The van der Waals surface area contributed by atoms with Crippen molar-refractivity contribution in [1.82, 2.24) is 10.2 Å². The van der Waals surface area contributed by atoms with Crippen LogP contribution < -0.4 is 5.32 Å². The predicted octanol–water partition coefficient (Wildman–Crippen LogP) is 4.23. The van der Waals surface area contributed by atoms with Gasteiger partial charge in [-0.2, -0.15) is 0 Å². The second kappa shape index (κ2) is 7.63. The Morgan fingerprint density at radius 2 is 1.58 bits per heavy atom. The van der Waals surface area contributed by atoms with Crippen LogP contribution in [0.15, 0.2) is 54.6 Å². The second-order valence-electron chi connectivity index (χ2n) is 7.85. The number of amides is 1. The molecule has 0 saturated carbocycles. The molecule has 26 heavy (non-hydrogen) atoms. The Kier molecular flexibility index (Phi) is 5.47. The third-order valence-electron chi connectivity index (χ3n) is 5.69. The van der Waals surface area contributed by atoms with E-state index in [4.69, 9.17) is 0 Å². The lowest BCUT2D eigenvalue weighted by Gasteiger charge is -2.42. The van der Waals surface area contributed by atoms with Gasteiger partial charge in [0.25, 0.3) is 5.91 Å². The first kappa shape index (κ1) is 18.7. The summed E-state index contributed by atoms with van der Waals surface area (Å²) in [6.07, 6.45) is 0.977. The Balaban J connectivity index is 2.06. The molecule has 1 atom stereocenters. The summed E-state index contributed by atoms with van der Waals surface area (Å²) in [5, 5.41) is 3.15. The van der Waals surface area contributed by atoms with Crippen LogP contribution in [-0.2, 0) is 5.41 Å². The molecule has 0 bridgehead atoms. The Hall–Kier alpha value is -2.13. The van der Waals surface area contributed by atoms with Crippen LogP contribution in [0.3, 0.4) is 0 Å². The van der Waals surface area contributed by atoms with Gasteiger partial charge in [0, 0.05) is 29.6 Å². The number of carbonyl (C=O) groups excluding carboxylic acids is 1. The molecule has 0 aliphatic carbocycles. The van der Waals surface area contributed by atoms with Crippen molar-refractivity contribution in [1.29, 1.82) is 0 Å². The fourth-order valence-electron chi connectivity index (χ4n) is 4.33. The van der Waals surface area contributed by atoms with Crippen LogP contribution in [0.25, 0.3) is 0 Å². The second-order valence-corrected chi connectivity index (χ2v) is 7.85. The molecular formula is C23H30N2O. The van der Waals surface area contributed by atoms with E-state index in [9.17, 15) is 4.79 Å². The average Bonchev–Trinajstić information content (AvgIpc) is 2.64. The smallest absolute Gasteiger partial charge is 0.251 e. The highest BCUT2D eigenvalue weighted by Crippen LogP contribution is 2.39. The number of carbonyl (C=O) groups is 1. The van der Waals surface area contributed by atoms with Gasteiger partial charge in [-0.1, -0.05) is 48.5 Å². The molecule has 3 heteroatoms. The first-order valence-corrected chi connectivity index (χ1v) is 9.64. The molecule has 1 heterocycles. The van der Waals surface area contributed by atoms with Crippen molar-refractivity contribution in [3.8, 4) is 0 Å². The van der Waals surface area contributed by atoms with Gasteiger partial charge in [-0.25, -0.2) is 0 Å². The zero-order valence-corrected chi connectivity index (χ0v) is 16.3. The largest absolute Gasteiger partial charge is 0.351 e. The first-order chi connectivity index (χ1) is 12.5. The molecular weight excluding hydrogens is 320 g/mol. The molecule has 2 aromatic carbocycles. The summed E-state index contributed by atoms with van der Waals surface area (Å²) < 4.78 is 0. The molecule has 0 aromatic heterocycles. The number of hydrogen-bond donors (Lipinski definition) is 1. The number of rotatable bonds is 6. The molecule has 0 saturated heterocycles. The van der Waals surface area contributed by atoms with Crippen LogP contribution in [0, 0.1) is 0 Å². The molecule has 138 valence electrons. The normalized spacial score (nSPS) is 19.7. The van der Waals surface area contributed by atoms with Crippen molar-refractivity contribution in [3.05, 3.63) is 71.3 Å². The number of hydrogen-bond acceptors (Lipinski definition) is 2. The standard InChI is InChI=1S/C23H30N2O/c1-17(2)25(18(3)4)15-14-23(19-10-6-5-7-11-19)16-24-22(26)20-12-8-9-13-21(20)23/h5-13,17-18H,14-16H2,1-4H3,(H,24,26).